The lowest BCUT2D eigenvalue weighted by Crippen LogP contribution is -1.92. The van der Waals surface area contributed by atoms with Gasteiger partial charge in [-0.2, -0.15) is 0 Å². The molecule has 18 heavy (non-hydrogen) atoms. The number of hydrogen-bond acceptors (Lipinski definition) is 2. The molecule has 0 saturated carbocycles. The van der Waals surface area contributed by atoms with E-state index in [2.05, 4.69) is 34.2 Å². The van der Waals surface area contributed by atoms with Crippen molar-refractivity contribution < 1.29 is 9.09 Å². The first-order chi connectivity index (χ1) is 8.68. The van der Waals surface area contributed by atoms with Crippen LogP contribution in [0.15, 0.2) is 53.4 Å². The number of rotatable bonds is 5. The zero-order valence-electron chi connectivity index (χ0n) is 9.67. The van der Waals surface area contributed by atoms with Crippen LogP contribution in [0.25, 0.3) is 5.31 Å². The maximum Gasteiger partial charge on any atom is 0.263 e. The second-order valence-electron chi connectivity index (χ2n) is 3.27. The van der Waals surface area contributed by atoms with Gasteiger partial charge in [0.15, 0.2) is 0 Å². The van der Waals surface area contributed by atoms with Crippen molar-refractivity contribution in [2.45, 2.75) is 0 Å². The summed E-state index contributed by atoms with van der Waals surface area (Å²) in [6, 6.07) is 9.28. The predicted octanol–water partition coefficient (Wildman–Crippen LogP) is 4.61. The molecule has 1 rings (SSSR count). The molecule has 0 heterocycles. The topological polar surface area (TPSA) is 26.3 Å². The fourth-order valence-electron chi connectivity index (χ4n) is 1.35. The van der Waals surface area contributed by atoms with E-state index in [1.807, 2.05) is 30.3 Å². The first-order valence-corrected chi connectivity index (χ1v) is 7.70. The van der Waals surface area contributed by atoms with Gasteiger partial charge in [-0.25, -0.2) is 0 Å². The summed E-state index contributed by atoms with van der Waals surface area (Å²) in [6.07, 6.45) is 5.13. The molecule has 0 aliphatic rings. The Kier molecular flexibility index (Phi) is 5.92. The highest BCUT2D eigenvalue weighted by molar-refractivity contribution is 9.11. The minimum atomic E-state index is -3.19. The Labute approximate surface area is 116 Å². The van der Waals surface area contributed by atoms with Crippen molar-refractivity contribution in [2.24, 2.45) is 0 Å². The highest BCUT2D eigenvalue weighted by Crippen LogP contribution is 2.60. The van der Waals surface area contributed by atoms with Gasteiger partial charge in [0.2, 0.25) is 0 Å². The van der Waals surface area contributed by atoms with Crippen molar-refractivity contribution in [3.05, 3.63) is 59.0 Å². The highest BCUT2D eigenvalue weighted by atomic mass is 79.9. The monoisotopic (exact) mass is 322 g/mol. The van der Waals surface area contributed by atoms with Crippen LogP contribution in [0, 0.1) is 12.3 Å². The van der Waals surface area contributed by atoms with Gasteiger partial charge in [0.05, 0.1) is 5.31 Å². The van der Waals surface area contributed by atoms with Crippen molar-refractivity contribution in [1.29, 1.82) is 0 Å². The number of halogens is 1. The van der Waals surface area contributed by atoms with E-state index in [9.17, 15) is 4.57 Å². The quantitative estimate of drug-likeness (QED) is 0.449. The summed E-state index contributed by atoms with van der Waals surface area (Å²) < 4.78 is 18.0. The van der Waals surface area contributed by atoms with E-state index in [1.165, 1.54) is 5.82 Å². The molecule has 92 valence electrons. The molecule has 1 atom stereocenters. The summed E-state index contributed by atoms with van der Waals surface area (Å²) in [4.78, 5) is 1.58. The average molecular weight is 323 g/mol. The zero-order valence-corrected chi connectivity index (χ0v) is 12.2. The van der Waals surface area contributed by atoms with Gasteiger partial charge in [0.25, 0.3) is 7.37 Å². The Morgan fingerprint density at radius 2 is 2.17 bits per heavy atom. The molecule has 0 bridgehead atoms. The van der Waals surface area contributed by atoms with Crippen molar-refractivity contribution >= 4 is 28.6 Å². The summed E-state index contributed by atoms with van der Waals surface area (Å²) in [6.45, 7) is 3.40. The summed E-state index contributed by atoms with van der Waals surface area (Å²) >= 11 is 3.22. The van der Waals surface area contributed by atoms with E-state index in [0.717, 1.165) is 5.56 Å². The van der Waals surface area contributed by atoms with Crippen LogP contribution in [0.2, 0.25) is 0 Å². The van der Waals surface area contributed by atoms with Crippen molar-refractivity contribution in [2.75, 3.05) is 6.61 Å². The van der Waals surface area contributed by atoms with E-state index < -0.39 is 7.37 Å². The van der Waals surface area contributed by atoms with Crippen LogP contribution >= 0.6 is 23.3 Å². The van der Waals surface area contributed by atoms with Gasteiger partial charge in [0.1, 0.15) is 6.61 Å². The second-order valence-corrected chi connectivity index (χ2v) is 5.92. The molecule has 1 aromatic rings. The summed E-state index contributed by atoms with van der Waals surface area (Å²) in [5, 5.41) is 0.523. The largest absolute Gasteiger partial charge is 0.309 e. The first-order valence-electron chi connectivity index (χ1n) is 5.09. The molecular weight excluding hydrogens is 311 g/mol. The fraction of sp³-hybridized carbons (Fsp3) is 0.0714. The Morgan fingerprint density at radius 1 is 1.50 bits per heavy atom. The van der Waals surface area contributed by atoms with Crippen LogP contribution in [0.3, 0.4) is 0 Å². The van der Waals surface area contributed by atoms with Crippen LogP contribution in [0.4, 0.5) is 0 Å². The average Bonchev–Trinajstić information content (AvgIpc) is 2.39. The van der Waals surface area contributed by atoms with Crippen LogP contribution in [-0.4, -0.2) is 6.61 Å². The van der Waals surface area contributed by atoms with Crippen molar-refractivity contribution in [1.82, 2.24) is 0 Å². The van der Waals surface area contributed by atoms with Gasteiger partial charge >= 0.3 is 0 Å². The Balaban J connectivity index is 3.24. The third kappa shape index (κ3) is 3.60. The van der Waals surface area contributed by atoms with Crippen LogP contribution in [0.1, 0.15) is 5.56 Å². The van der Waals surface area contributed by atoms with E-state index in [4.69, 9.17) is 10.9 Å². The summed E-state index contributed by atoms with van der Waals surface area (Å²) in [7, 11) is -3.19. The Hall–Kier alpha value is -1.29. The molecule has 2 nitrogen and oxygen atoms in total. The molecule has 0 N–H and O–H groups in total. The highest BCUT2D eigenvalue weighted by Gasteiger charge is 2.26. The normalized spacial score (nSPS) is 14.1. The third-order valence-corrected chi connectivity index (χ3v) is 5.02. The lowest BCUT2D eigenvalue weighted by atomic mass is 10.2. The predicted molar refractivity (Wildman–Crippen MR) is 79.4 cm³/mol. The zero-order chi connectivity index (χ0) is 13.4. The van der Waals surface area contributed by atoms with Gasteiger partial charge in [-0.1, -0.05) is 58.8 Å². The standard InChI is InChI=1S/C14H12BrO2P/c1-3-10-17-18(16,11-4-2)14(12-15)13-8-6-5-7-9-13/h1,5-9,11-12H,2,10H2/b14-12+. The molecule has 4 heteroatoms. The molecule has 0 aromatic heterocycles. The lowest BCUT2D eigenvalue weighted by molar-refractivity contribution is 0.375. The maximum atomic E-state index is 12.7. The molecule has 0 spiro atoms. The Bertz CT molecular complexity index is 563. The van der Waals surface area contributed by atoms with Gasteiger partial charge < -0.3 is 4.52 Å². The molecule has 0 radical (unpaired) electrons. The van der Waals surface area contributed by atoms with Crippen LogP contribution in [0.5, 0.6) is 0 Å². The summed E-state index contributed by atoms with van der Waals surface area (Å²) in [5.41, 5.74) is 3.30. The van der Waals surface area contributed by atoms with E-state index in [0.29, 0.717) is 5.31 Å². The SMILES string of the molecule is C#CCOP(=O)(C=C=C)/C(=C/Br)c1ccccc1. The fourth-order valence-corrected chi connectivity index (χ4v) is 3.97. The van der Waals surface area contributed by atoms with E-state index >= 15 is 0 Å². The lowest BCUT2D eigenvalue weighted by Gasteiger charge is -2.16. The van der Waals surface area contributed by atoms with Crippen LogP contribution in [-0.2, 0) is 9.09 Å². The van der Waals surface area contributed by atoms with Crippen molar-refractivity contribution in [3.63, 3.8) is 0 Å². The molecular formula is C14H12BrO2P. The molecule has 0 aliphatic heterocycles. The van der Waals surface area contributed by atoms with Crippen molar-refractivity contribution in [3.8, 4) is 12.3 Å². The van der Waals surface area contributed by atoms with E-state index in [-0.39, 0.29) is 6.61 Å². The van der Waals surface area contributed by atoms with Crippen LogP contribution < -0.4 is 0 Å². The smallest absolute Gasteiger partial charge is 0.263 e. The van der Waals surface area contributed by atoms with E-state index in [1.54, 1.807) is 4.99 Å². The molecule has 0 aliphatic carbocycles. The second kappa shape index (κ2) is 7.21. The molecule has 0 amide bonds. The van der Waals surface area contributed by atoms with Gasteiger partial charge in [-0.3, -0.25) is 4.57 Å². The number of hydrogen-bond donors (Lipinski definition) is 0. The van der Waals surface area contributed by atoms with Gasteiger partial charge in [0, 0.05) is 5.82 Å². The molecule has 0 saturated heterocycles. The van der Waals surface area contributed by atoms with Gasteiger partial charge in [-0.05, 0) is 10.5 Å². The minimum absolute atomic E-state index is 0.0351. The molecule has 1 unspecified atom stereocenters. The first kappa shape index (κ1) is 14.8. The van der Waals surface area contributed by atoms with Gasteiger partial charge in [-0.15, -0.1) is 12.2 Å². The Morgan fingerprint density at radius 3 is 2.67 bits per heavy atom. The minimum Gasteiger partial charge on any atom is -0.309 e. The maximum absolute atomic E-state index is 12.7. The third-order valence-electron chi connectivity index (χ3n) is 2.11. The molecule has 0 fully saturated rings. The number of terminal acetylenes is 1. The summed E-state index contributed by atoms with van der Waals surface area (Å²) in [5.74, 6) is 3.63. The number of benzene rings is 1. The molecule has 1 aromatic carbocycles.